The molecule has 2 aromatic carbocycles. The van der Waals surface area contributed by atoms with E-state index in [1.54, 1.807) is 20.8 Å². The number of aryl methyl sites for hydroxylation is 1. The highest BCUT2D eigenvalue weighted by molar-refractivity contribution is 6.34. The van der Waals surface area contributed by atoms with Crippen molar-refractivity contribution in [3.05, 3.63) is 68.7 Å². The van der Waals surface area contributed by atoms with E-state index in [9.17, 15) is 22.8 Å². The third-order valence-electron chi connectivity index (χ3n) is 5.48. The number of hydrogen-bond donors (Lipinski definition) is 0. The molecule has 0 bridgehead atoms. The molecular formula is C24H23Cl2F3N2O5. The van der Waals surface area contributed by atoms with Crippen molar-refractivity contribution in [2.24, 2.45) is 5.16 Å². The summed E-state index contributed by atoms with van der Waals surface area (Å²) >= 11 is 11.9. The molecule has 0 saturated heterocycles. The van der Waals surface area contributed by atoms with Crippen LogP contribution in [0.1, 0.15) is 47.3 Å². The molecule has 0 aromatic heterocycles. The molecule has 0 N–H and O–H groups in total. The van der Waals surface area contributed by atoms with Crippen LogP contribution in [0, 0.1) is 6.92 Å². The van der Waals surface area contributed by atoms with Gasteiger partial charge in [-0.3, -0.25) is 4.79 Å². The van der Waals surface area contributed by atoms with E-state index in [1.807, 2.05) is 0 Å². The van der Waals surface area contributed by atoms with Gasteiger partial charge in [-0.2, -0.15) is 13.2 Å². The number of halogens is 5. The van der Waals surface area contributed by atoms with E-state index in [4.69, 9.17) is 32.8 Å². The average Bonchev–Trinajstić information content (AvgIpc) is 3.25. The standard InChI is InChI=1S/C24H23Cl2F3N2O5/c1-13(2)35-12-31(22(33)34-4)21(32)19-6-5-15(7-14(19)3)20-11-23(36-30-20,24(27,28)29)16-8-17(25)10-18(26)9-16/h5-10,13H,11-12H2,1-4H3. The van der Waals surface area contributed by atoms with Gasteiger partial charge in [0.25, 0.3) is 11.5 Å². The largest absolute Gasteiger partial charge is 0.452 e. The van der Waals surface area contributed by atoms with E-state index in [-0.39, 0.29) is 39.7 Å². The second kappa shape index (κ2) is 10.7. The predicted molar refractivity (Wildman–Crippen MR) is 127 cm³/mol. The minimum Gasteiger partial charge on any atom is -0.452 e. The Morgan fingerprint density at radius 3 is 2.33 bits per heavy atom. The first-order valence-electron chi connectivity index (χ1n) is 10.7. The van der Waals surface area contributed by atoms with Crippen LogP contribution in [-0.2, 0) is 19.9 Å². The molecule has 2 amide bonds. The Hall–Kier alpha value is -2.82. The molecule has 1 atom stereocenters. The number of methoxy groups -OCH3 is 1. The highest BCUT2D eigenvalue weighted by Crippen LogP contribution is 2.49. The number of benzene rings is 2. The third-order valence-corrected chi connectivity index (χ3v) is 5.92. The molecule has 0 radical (unpaired) electrons. The summed E-state index contributed by atoms with van der Waals surface area (Å²) < 4.78 is 52.8. The van der Waals surface area contributed by atoms with Gasteiger partial charge in [0.15, 0.2) is 0 Å². The van der Waals surface area contributed by atoms with E-state index in [2.05, 4.69) is 9.89 Å². The third kappa shape index (κ3) is 5.61. The number of nitrogens with zero attached hydrogens (tertiary/aromatic N) is 2. The molecule has 1 unspecified atom stereocenters. The number of alkyl halides is 3. The van der Waals surface area contributed by atoms with Gasteiger partial charge in [-0.1, -0.05) is 34.4 Å². The number of rotatable bonds is 6. The van der Waals surface area contributed by atoms with Gasteiger partial charge in [0.05, 0.1) is 18.9 Å². The van der Waals surface area contributed by atoms with Crippen molar-refractivity contribution >= 4 is 40.9 Å². The fraction of sp³-hybridized carbons (Fsp3) is 0.375. The van der Waals surface area contributed by atoms with Gasteiger partial charge >= 0.3 is 12.3 Å². The van der Waals surface area contributed by atoms with Gasteiger partial charge in [0, 0.05) is 27.6 Å². The van der Waals surface area contributed by atoms with Crippen LogP contribution in [0.25, 0.3) is 0 Å². The van der Waals surface area contributed by atoms with Gasteiger partial charge in [0.2, 0.25) is 0 Å². The highest BCUT2D eigenvalue weighted by Gasteiger charge is 2.62. The summed E-state index contributed by atoms with van der Waals surface area (Å²) in [5, 5.41) is 3.77. The predicted octanol–water partition coefficient (Wildman–Crippen LogP) is 6.48. The van der Waals surface area contributed by atoms with E-state index in [0.29, 0.717) is 11.1 Å². The summed E-state index contributed by atoms with van der Waals surface area (Å²) in [5.41, 5.74) is -2.21. The topological polar surface area (TPSA) is 77.4 Å². The SMILES string of the molecule is COC(=O)N(COC(C)C)C(=O)c1ccc(C2=NOC(c3cc(Cl)cc(Cl)c3)(C(F)(F)F)C2)cc1C. The molecular weight excluding hydrogens is 524 g/mol. The van der Waals surface area contributed by atoms with E-state index >= 15 is 0 Å². The highest BCUT2D eigenvalue weighted by atomic mass is 35.5. The lowest BCUT2D eigenvalue weighted by atomic mass is 9.86. The fourth-order valence-corrected chi connectivity index (χ4v) is 4.13. The molecule has 0 spiro atoms. The number of carbonyl (C=O) groups is 2. The maximum atomic E-state index is 14.2. The first kappa shape index (κ1) is 27.8. The lowest BCUT2D eigenvalue weighted by Gasteiger charge is -2.29. The van der Waals surface area contributed by atoms with Gasteiger partial charge in [-0.05, 0) is 62.2 Å². The van der Waals surface area contributed by atoms with Crippen molar-refractivity contribution in [1.29, 1.82) is 0 Å². The molecule has 0 aliphatic carbocycles. The molecule has 1 heterocycles. The Bertz CT molecular complexity index is 1180. The second-order valence-corrected chi connectivity index (χ2v) is 9.24. The number of carbonyl (C=O) groups excluding carboxylic acids is 2. The lowest BCUT2D eigenvalue weighted by Crippen LogP contribution is -2.42. The summed E-state index contributed by atoms with van der Waals surface area (Å²) in [6.45, 7) is 4.73. The van der Waals surface area contributed by atoms with Crippen molar-refractivity contribution in [1.82, 2.24) is 4.90 Å². The fourth-order valence-electron chi connectivity index (χ4n) is 3.60. The number of oxime groups is 1. The normalized spacial score (nSPS) is 17.6. The molecule has 1 aliphatic heterocycles. The Morgan fingerprint density at radius 2 is 1.81 bits per heavy atom. The summed E-state index contributed by atoms with van der Waals surface area (Å²) in [4.78, 5) is 30.9. The molecule has 3 rings (SSSR count). The lowest BCUT2D eigenvalue weighted by molar-refractivity contribution is -0.275. The van der Waals surface area contributed by atoms with E-state index in [0.717, 1.165) is 24.1 Å². The van der Waals surface area contributed by atoms with E-state index in [1.165, 1.54) is 24.3 Å². The summed E-state index contributed by atoms with van der Waals surface area (Å²) in [7, 11) is 1.13. The minimum absolute atomic E-state index is 0.0125. The van der Waals surface area contributed by atoms with Crippen LogP contribution in [0.5, 0.6) is 0 Å². The van der Waals surface area contributed by atoms with Crippen LogP contribution in [0.4, 0.5) is 18.0 Å². The smallest absolute Gasteiger partial charge is 0.435 e. The van der Waals surface area contributed by atoms with Crippen molar-refractivity contribution in [3.8, 4) is 0 Å². The van der Waals surface area contributed by atoms with Gasteiger partial charge in [-0.15, -0.1) is 0 Å². The number of amides is 2. The molecule has 194 valence electrons. The van der Waals surface area contributed by atoms with E-state index < -0.39 is 30.2 Å². The van der Waals surface area contributed by atoms with Gasteiger partial charge in [0.1, 0.15) is 6.73 Å². The van der Waals surface area contributed by atoms with Crippen molar-refractivity contribution in [2.45, 2.75) is 45.1 Å². The Kier molecular flexibility index (Phi) is 8.22. The number of hydrogen-bond acceptors (Lipinski definition) is 6. The van der Waals surface area contributed by atoms with Crippen LogP contribution >= 0.6 is 23.2 Å². The van der Waals surface area contributed by atoms with Gasteiger partial charge in [-0.25, -0.2) is 9.69 Å². The Morgan fingerprint density at radius 1 is 1.17 bits per heavy atom. The number of ether oxygens (including phenoxy) is 2. The summed E-state index contributed by atoms with van der Waals surface area (Å²) in [5.74, 6) is -0.686. The van der Waals surface area contributed by atoms with Crippen molar-refractivity contribution in [3.63, 3.8) is 0 Å². The molecule has 12 heteroatoms. The molecule has 2 aromatic rings. The Labute approximate surface area is 215 Å². The monoisotopic (exact) mass is 546 g/mol. The summed E-state index contributed by atoms with van der Waals surface area (Å²) in [6, 6.07) is 7.89. The molecule has 1 aliphatic rings. The van der Waals surface area contributed by atoms with Crippen LogP contribution < -0.4 is 0 Å². The number of imide groups is 1. The molecule has 36 heavy (non-hydrogen) atoms. The van der Waals surface area contributed by atoms with Crippen LogP contribution in [0.2, 0.25) is 10.0 Å². The average molecular weight is 547 g/mol. The first-order valence-corrected chi connectivity index (χ1v) is 11.5. The van der Waals surface area contributed by atoms with Crippen LogP contribution in [0.3, 0.4) is 0 Å². The van der Waals surface area contributed by atoms with Crippen LogP contribution in [0.15, 0.2) is 41.6 Å². The van der Waals surface area contributed by atoms with Crippen molar-refractivity contribution < 1.29 is 37.1 Å². The minimum atomic E-state index is -4.84. The zero-order valence-electron chi connectivity index (χ0n) is 19.8. The zero-order chi connectivity index (χ0) is 26.8. The van der Waals surface area contributed by atoms with Gasteiger partial charge < -0.3 is 14.3 Å². The maximum absolute atomic E-state index is 14.2. The zero-order valence-corrected chi connectivity index (χ0v) is 21.3. The quantitative estimate of drug-likeness (QED) is 0.388. The van der Waals surface area contributed by atoms with Crippen molar-refractivity contribution in [2.75, 3.05) is 13.8 Å². The molecule has 7 nitrogen and oxygen atoms in total. The first-order chi connectivity index (χ1) is 16.8. The Balaban J connectivity index is 1.91. The summed E-state index contributed by atoms with van der Waals surface area (Å²) in [6.07, 6.45) is -6.64. The van der Waals surface area contributed by atoms with Crippen LogP contribution in [-0.4, -0.2) is 48.7 Å². The molecule has 0 fully saturated rings. The molecule has 0 saturated carbocycles. The second-order valence-electron chi connectivity index (χ2n) is 8.37. The maximum Gasteiger partial charge on any atom is 0.435 e.